The monoisotopic (exact) mass is 392 g/mol. The van der Waals surface area contributed by atoms with Crippen molar-refractivity contribution in [1.29, 1.82) is 0 Å². The molecule has 1 aromatic carbocycles. The minimum Gasteiger partial charge on any atom is -0.469 e. The molecular formula is C17H23Cl2FN2O3. The molecule has 1 heterocycles. The third kappa shape index (κ3) is 6.13. The van der Waals surface area contributed by atoms with Crippen LogP contribution in [0.3, 0.4) is 0 Å². The molecule has 140 valence electrons. The summed E-state index contributed by atoms with van der Waals surface area (Å²) in [7, 11) is 1.28. The molecule has 1 saturated heterocycles. The largest absolute Gasteiger partial charge is 0.469 e. The van der Waals surface area contributed by atoms with E-state index in [9.17, 15) is 14.0 Å². The topological polar surface area (TPSA) is 67.4 Å². The standard InChI is InChI=1S/C17H22ClFN2O3.ClH/c1-10-7-12(5-6-20-10)17(23)21-15(9-16(22)24-2)11-3-4-13(18)14(19)8-11;/h3-4,8,10,12,15,20H,5-7,9H2,1-2H3,(H,21,23);1H/t10-,12-,15?;/m0./s1. The Morgan fingerprint density at radius 3 is 2.80 bits per heavy atom. The first-order valence-corrected chi connectivity index (χ1v) is 8.34. The molecule has 8 heteroatoms. The number of piperidine rings is 1. The fourth-order valence-electron chi connectivity index (χ4n) is 2.89. The van der Waals surface area contributed by atoms with Gasteiger partial charge in [-0.1, -0.05) is 17.7 Å². The van der Waals surface area contributed by atoms with E-state index >= 15 is 0 Å². The number of carbonyl (C=O) groups is 2. The molecule has 1 unspecified atom stereocenters. The third-order valence-electron chi connectivity index (χ3n) is 4.26. The molecule has 0 aliphatic carbocycles. The number of halogens is 3. The first kappa shape index (κ1) is 21.7. The minimum atomic E-state index is -0.651. The van der Waals surface area contributed by atoms with Gasteiger partial charge < -0.3 is 15.4 Å². The van der Waals surface area contributed by atoms with Gasteiger partial charge in [0, 0.05) is 12.0 Å². The molecule has 0 saturated carbocycles. The van der Waals surface area contributed by atoms with Crippen molar-refractivity contribution < 1.29 is 18.7 Å². The van der Waals surface area contributed by atoms with E-state index in [2.05, 4.69) is 15.4 Å². The second-order valence-corrected chi connectivity index (χ2v) is 6.50. The van der Waals surface area contributed by atoms with E-state index in [0.29, 0.717) is 5.56 Å². The van der Waals surface area contributed by atoms with E-state index in [0.717, 1.165) is 19.4 Å². The second kappa shape index (κ2) is 9.94. The molecule has 1 amide bonds. The van der Waals surface area contributed by atoms with Gasteiger partial charge >= 0.3 is 5.97 Å². The van der Waals surface area contributed by atoms with Gasteiger partial charge in [0.25, 0.3) is 0 Å². The highest BCUT2D eigenvalue weighted by atomic mass is 35.5. The predicted octanol–water partition coefficient (Wildman–Crippen LogP) is 3.01. The van der Waals surface area contributed by atoms with Crippen LogP contribution in [0.4, 0.5) is 4.39 Å². The molecule has 0 bridgehead atoms. The fraction of sp³-hybridized carbons (Fsp3) is 0.529. The zero-order chi connectivity index (χ0) is 17.7. The maximum atomic E-state index is 13.7. The van der Waals surface area contributed by atoms with E-state index in [4.69, 9.17) is 11.6 Å². The number of hydrogen-bond donors (Lipinski definition) is 2. The Kier molecular flexibility index (Phi) is 8.62. The van der Waals surface area contributed by atoms with E-state index < -0.39 is 17.8 Å². The van der Waals surface area contributed by atoms with Crippen molar-refractivity contribution in [3.8, 4) is 0 Å². The smallest absolute Gasteiger partial charge is 0.307 e. The highest BCUT2D eigenvalue weighted by molar-refractivity contribution is 6.30. The Hall–Kier alpha value is -1.37. The van der Waals surface area contributed by atoms with Crippen LogP contribution in [0, 0.1) is 11.7 Å². The lowest BCUT2D eigenvalue weighted by Gasteiger charge is -2.29. The first-order valence-electron chi connectivity index (χ1n) is 7.96. The van der Waals surface area contributed by atoms with Crippen LogP contribution in [-0.2, 0) is 14.3 Å². The summed E-state index contributed by atoms with van der Waals surface area (Å²) in [5, 5.41) is 6.14. The summed E-state index contributed by atoms with van der Waals surface area (Å²) in [5.41, 5.74) is 0.484. The number of rotatable bonds is 5. The molecule has 2 rings (SSSR count). The zero-order valence-electron chi connectivity index (χ0n) is 14.2. The van der Waals surface area contributed by atoms with Gasteiger partial charge in [0.15, 0.2) is 0 Å². The first-order chi connectivity index (χ1) is 11.4. The van der Waals surface area contributed by atoms with Gasteiger partial charge in [0.1, 0.15) is 5.82 Å². The maximum Gasteiger partial charge on any atom is 0.307 e. The summed E-state index contributed by atoms with van der Waals surface area (Å²) < 4.78 is 18.4. The number of methoxy groups -OCH3 is 1. The average molecular weight is 393 g/mol. The predicted molar refractivity (Wildman–Crippen MR) is 96.4 cm³/mol. The summed E-state index contributed by atoms with van der Waals surface area (Å²) in [6.07, 6.45) is 1.39. The van der Waals surface area contributed by atoms with Gasteiger partial charge in [-0.15, -0.1) is 12.4 Å². The number of hydrogen-bond acceptors (Lipinski definition) is 4. The molecule has 1 aliphatic rings. The lowest BCUT2D eigenvalue weighted by atomic mass is 9.91. The minimum absolute atomic E-state index is 0. The average Bonchev–Trinajstić information content (AvgIpc) is 2.56. The van der Waals surface area contributed by atoms with E-state index in [1.54, 1.807) is 6.07 Å². The molecular weight excluding hydrogens is 370 g/mol. The summed E-state index contributed by atoms with van der Waals surface area (Å²) >= 11 is 5.70. The van der Waals surface area contributed by atoms with Crippen molar-refractivity contribution in [2.45, 2.75) is 38.3 Å². The number of ether oxygens (including phenoxy) is 1. The molecule has 0 spiro atoms. The van der Waals surface area contributed by atoms with Crippen molar-refractivity contribution >= 4 is 35.9 Å². The van der Waals surface area contributed by atoms with E-state index in [1.165, 1.54) is 19.2 Å². The number of benzene rings is 1. The third-order valence-corrected chi connectivity index (χ3v) is 4.56. The van der Waals surface area contributed by atoms with Crippen molar-refractivity contribution in [3.63, 3.8) is 0 Å². The van der Waals surface area contributed by atoms with E-state index in [1.807, 2.05) is 6.92 Å². The zero-order valence-corrected chi connectivity index (χ0v) is 15.8. The second-order valence-electron chi connectivity index (χ2n) is 6.09. The Morgan fingerprint density at radius 2 is 2.20 bits per heavy atom. The van der Waals surface area contributed by atoms with Crippen LogP contribution in [0.2, 0.25) is 5.02 Å². The van der Waals surface area contributed by atoms with Crippen LogP contribution in [0.1, 0.15) is 37.8 Å². The van der Waals surface area contributed by atoms with Crippen molar-refractivity contribution in [1.82, 2.24) is 10.6 Å². The molecule has 3 atom stereocenters. The van der Waals surface area contributed by atoms with Gasteiger partial charge in [-0.05, 0) is 44.0 Å². The van der Waals surface area contributed by atoms with Crippen molar-refractivity contribution in [3.05, 3.63) is 34.6 Å². The van der Waals surface area contributed by atoms with Gasteiger partial charge in [-0.2, -0.15) is 0 Å². The lowest BCUT2D eigenvalue weighted by Crippen LogP contribution is -2.43. The Labute approximate surface area is 158 Å². The maximum absolute atomic E-state index is 13.7. The number of nitrogens with one attached hydrogen (secondary N) is 2. The van der Waals surface area contributed by atoms with Crippen molar-refractivity contribution in [2.24, 2.45) is 5.92 Å². The van der Waals surface area contributed by atoms with Crippen LogP contribution >= 0.6 is 24.0 Å². The molecule has 1 aliphatic heterocycles. The molecule has 2 N–H and O–H groups in total. The highest BCUT2D eigenvalue weighted by Gasteiger charge is 2.28. The van der Waals surface area contributed by atoms with Gasteiger partial charge in [0.05, 0.1) is 24.6 Å². The Morgan fingerprint density at radius 1 is 1.48 bits per heavy atom. The lowest BCUT2D eigenvalue weighted by molar-refractivity contribution is -0.141. The van der Waals surface area contributed by atoms with Crippen molar-refractivity contribution in [2.75, 3.05) is 13.7 Å². The number of esters is 1. The van der Waals surface area contributed by atoms with Gasteiger partial charge in [0.2, 0.25) is 5.91 Å². The molecule has 1 fully saturated rings. The molecule has 1 aromatic rings. The number of amides is 1. The fourth-order valence-corrected chi connectivity index (χ4v) is 3.01. The molecule has 0 aromatic heterocycles. The normalized spacial score (nSPS) is 21.0. The summed E-state index contributed by atoms with van der Waals surface area (Å²) in [4.78, 5) is 24.2. The van der Waals surface area contributed by atoms with Gasteiger partial charge in [-0.25, -0.2) is 4.39 Å². The Bertz CT molecular complexity index is 616. The van der Waals surface area contributed by atoms with Crippen LogP contribution in [0.15, 0.2) is 18.2 Å². The highest BCUT2D eigenvalue weighted by Crippen LogP contribution is 2.24. The summed E-state index contributed by atoms with van der Waals surface area (Å²) in [6, 6.07) is 3.87. The summed E-state index contributed by atoms with van der Waals surface area (Å²) in [6.45, 7) is 2.80. The van der Waals surface area contributed by atoms with E-state index in [-0.39, 0.29) is 41.7 Å². The Balaban J connectivity index is 0.00000312. The number of carbonyl (C=O) groups excluding carboxylic acids is 2. The van der Waals surface area contributed by atoms with Crippen LogP contribution in [0.25, 0.3) is 0 Å². The van der Waals surface area contributed by atoms with Crippen LogP contribution in [-0.4, -0.2) is 31.6 Å². The molecule has 0 radical (unpaired) electrons. The SMILES string of the molecule is COC(=O)CC(NC(=O)[C@H]1CCN[C@@H](C)C1)c1ccc(Cl)c(F)c1.Cl. The molecule has 25 heavy (non-hydrogen) atoms. The van der Waals surface area contributed by atoms with Gasteiger partial charge in [-0.3, -0.25) is 9.59 Å². The van der Waals surface area contributed by atoms with Crippen LogP contribution in [0.5, 0.6) is 0 Å². The quantitative estimate of drug-likeness (QED) is 0.755. The summed E-state index contributed by atoms with van der Waals surface area (Å²) in [5.74, 6) is -1.32. The van der Waals surface area contributed by atoms with Crippen LogP contribution < -0.4 is 10.6 Å². The molecule has 5 nitrogen and oxygen atoms in total.